The lowest BCUT2D eigenvalue weighted by molar-refractivity contribution is 0.0225. The van der Waals surface area contributed by atoms with Crippen molar-refractivity contribution in [1.82, 2.24) is 0 Å². The minimum atomic E-state index is -1.12. The van der Waals surface area contributed by atoms with E-state index in [1.165, 1.54) is 0 Å². The summed E-state index contributed by atoms with van der Waals surface area (Å²) in [6, 6.07) is 36.3. The average Bonchev–Trinajstić information content (AvgIpc) is 3.40. The molecule has 2 heterocycles. The van der Waals surface area contributed by atoms with E-state index in [-0.39, 0.29) is 5.97 Å². The van der Waals surface area contributed by atoms with E-state index in [4.69, 9.17) is 9.47 Å². The summed E-state index contributed by atoms with van der Waals surface area (Å²) in [5.74, 6) is 0.974. The van der Waals surface area contributed by atoms with E-state index in [9.17, 15) is 4.79 Å². The highest BCUT2D eigenvalue weighted by atomic mass is 16.6. The standard InChI is InChI=1S/C40H40N4O3/c1-5-43(6-2)27-24-25-31(41-32-19-11-12-21-35(32)44(7-3)8-4)34(26-27)42-33-20-15-18-30-38(33)39(45)47-40(30)28-16-9-13-22-36(28)46-37-23-14-10-17-29(37)40/h9-26,41-42H,5-8H2,1-4H3. The molecule has 238 valence electrons. The van der Waals surface area contributed by atoms with Crippen molar-refractivity contribution in [2.75, 3.05) is 46.6 Å². The molecule has 0 saturated heterocycles. The third kappa shape index (κ3) is 5.03. The number of benzene rings is 5. The largest absolute Gasteiger partial charge is 0.456 e. The topological polar surface area (TPSA) is 66.1 Å². The summed E-state index contributed by atoms with van der Waals surface area (Å²) in [4.78, 5) is 18.7. The summed E-state index contributed by atoms with van der Waals surface area (Å²) < 4.78 is 12.8. The Balaban J connectivity index is 1.36. The second-order valence-electron chi connectivity index (χ2n) is 11.7. The Kier molecular flexibility index (Phi) is 7.98. The monoisotopic (exact) mass is 624 g/mol. The van der Waals surface area contributed by atoms with Gasteiger partial charge in [-0.2, -0.15) is 0 Å². The lowest BCUT2D eigenvalue weighted by Crippen LogP contribution is -2.32. The summed E-state index contributed by atoms with van der Waals surface area (Å²) in [5.41, 5.74) is 7.49. The minimum Gasteiger partial charge on any atom is -0.456 e. The lowest BCUT2D eigenvalue weighted by atomic mass is 9.77. The molecule has 5 aromatic carbocycles. The molecule has 7 rings (SSSR count). The summed E-state index contributed by atoms with van der Waals surface area (Å²) >= 11 is 0. The number of para-hydroxylation sites is 4. The van der Waals surface area contributed by atoms with Crippen LogP contribution in [-0.4, -0.2) is 32.1 Å². The van der Waals surface area contributed by atoms with Crippen molar-refractivity contribution in [3.63, 3.8) is 0 Å². The number of nitrogens with one attached hydrogen (secondary N) is 2. The van der Waals surface area contributed by atoms with E-state index in [0.717, 1.165) is 71.3 Å². The number of hydrogen-bond acceptors (Lipinski definition) is 7. The minimum absolute atomic E-state index is 0.379. The van der Waals surface area contributed by atoms with Crippen LogP contribution in [0.2, 0.25) is 0 Å². The number of rotatable bonds is 10. The molecule has 0 amide bonds. The Morgan fingerprint density at radius 3 is 1.83 bits per heavy atom. The van der Waals surface area contributed by atoms with Crippen LogP contribution in [0.15, 0.2) is 109 Å². The molecule has 0 aliphatic carbocycles. The molecular weight excluding hydrogens is 584 g/mol. The van der Waals surface area contributed by atoms with Crippen molar-refractivity contribution in [3.8, 4) is 11.5 Å². The van der Waals surface area contributed by atoms with Crippen molar-refractivity contribution < 1.29 is 14.3 Å². The van der Waals surface area contributed by atoms with Gasteiger partial charge in [0.25, 0.3) is 0 Å². The van der Waals surface area contributed by atoms with E-state index in [1.54, 1.807) is 0 Å². The highest BCUT2D eigenvalue weighted by Gasteiger charge is 2.54. The molecule has 7 heteroatoms. The highest BCUT2D eigenvalue weighted by molar-refractivity contribution is 6.03. The van der Waals surface area contributed by atoms with Gasteiger partial charge in [0.1, 0.15) is 11.5 Å². The van der Waals surface area contributed by atoms with Crippen LogP contribution >= 0.6 is 0 Å². The van der Waals surface area contributed by atoms with Crippen LogP contribution in [0.25, 0.3) is 0 Å². The van der Waals surface area contributed by atoms with Gasteiger partial charge in [-0.1, -0.05) is 60.7 Å². The molecule has 2 N–H and O–H groups in total. The molecule has 0 radical (unpaired) electrons. The maximum absolute atomic E-state index is 14.1. The van der Waals surface area contributed by atoms with E-state index in [0.29, 0.717) is 22.7 Å². The summed E-state index contributed by atoms with van der Waals surface area (Å²) in [7, 11) is 0. The van der Waals surface area contributed by atoms with Crippen LogP contribution < -0.4 is 25.2 Å². The SMILES string of the molecule is CCN(CC)c1ccc(Nc2ccccc2N(CC)CC)c(Nc2cccc3c2C(=O)OC32c3ccccc3Oc3ccccc32)c1. The molecule has 47 heavy (non-hydrogen) atoms. The molecule has 0 saturated carbocycles. The summed E-state index contributed by atoms with van der Waals surface area (Å²) in [5, 5.41) is 7.40. The van der Waals surface area contributed by atoms with Crippen LogP contribution in [0, 0.1) is 0 Å². The number of carbonyl (C=O) groups excluding carboxylic acids is 1. The molecule has 2 aliphatic rings. The number of ether oxygens (including phenoxy) is 2. The number of esters is 1. The number of fused-ring (bicyclic) bond motifs is 6. The van der Waals surface area contributed by atoms with Crippen molar-refractivity contribution in [2.24, 2.45) is 0 Å². The van der Waals surface area contributed by atoms with Crippen LogP contribution in [0.5, 0.6) is 11.5 Å². The zero-order valence-electron chi connectivity index (χ0n) is 27.3. The lowest BCUT2D eigenvalue weighted by Gasteiger charge is -2.36. The average molecular weight is 625 g/mol. The van der Waals surface area contributed by atoms with Gasteiger partial charge in [-0.3, -0.25) is 0 Å². The zero-order chi connectivity index (χ0) is 32.5. The molecule has 2 aliphatic heterocycles. The van der Waals surface area contributed by atoms with Gasteiger partial charge in [0.2, 0.25) is 0 Å². The smallest absolute Gasteiger partial charge is 0.342 e. The maximum atomic E-state index is 14.1. The fraction of sp³-hybridized carbons (Fsp3) is 0.225. The zero-order valence-corrected chi connectivity index (χ0v) is 27.3. The predicted molar refractivity (Wildman–Crippen MR) is 191 cm³/mol. The molecule has 1 spiro atoms. The molecule has 0 bridgehead atoms. The molecule has 0 aromatic heterocycles. The highest BCUT2D eigenvalue weighted by Crippen LogP contribution is 2.57. The van der Waals surface area contributed by atoms with Crippen LogP contribution in [0.4, 0.5) is 34.1 Å². The Bertz CT molecular complexity index is 1900. The van der Waals surface area contributed by atoms with Gasteiger partial charge < -0.3 is 29.9 Å². The molecule has 5 aromatic rings. The predicted octanol–water partition coefficient (Wildman–Crippen LogP) is 9.43. The number of nitrogens with zero attached hydrogens (tertiary/aromatic N) is 2. The van der Waals surface area contributed by atoms with E-state index < -0.39 is 5.60 Å². The molecule has 0 fully saturated rings. The van der Waals surface area contributed by atoms with Gasteiger partial charge in [0, 0.05) is 48.6 Å². The number of anilines is 6. The molecule has 0 unspecified atom stereocenters. The molecule has 7 nitrogen and oxygen atoms in total. The third-order valence-electron chi connectivity index (χ3n) is 9.32. The second-order valence-corrected chi connectivity index (χ2v) is 11.7. The van der Waals surface area contributed by atoms with Crippen LogP contribution in [-0.2, 0) is 10.3 Å². The van der Waals surface area contributed by atoms with Gasteiger partial charge >= 0.3 is 5.97 Å². The van der Waals surface area contributed by atoms with Crippen molar-refractivity contribution in [1.29, 1.82) is 0 Å². The Labute approximate surface area is 276 Å². The van der Waals surface area contributed by atoms with Gasteiger partial charge in [-0.15, -0.1) is 0 Å². The third-order valence-corrected chi connectivity index (χ3v) is 9.32. The Morgan fingerprint density at radius 1 is 0.574 bits per heavy atom. The normalized spacial score (nSPS) is 13.6. The van der Waals surface area contributed by atoms with E-state index in [2.05, 4.69) is 90.6 Å². The maximum Gasteiger partial charge on any atom is 0.342 e. The van der Waals surface area contributed by atoms with Crippen molar-refractivity contribution in [3.05, 3.63) is 131 Å². The van der Waals surface area contributed by atoms with Gasteiger partial charge in [-0.25, -0.2) is 4.79 Å². The van der Waals surface area contributed by atoms with Gasteiger partial charge in [-0.05, 0) is 76.2 Å². The first kappa shape index (κ1) is 30.2. The van der Waals surface area contributed by atoms with Crippen molar-refractivity contribution in [2.45, 2.75) is 33.3 Å². The first-order valence-corrected chi connectivity index (χ1v) is 16.5. The van der Waals surface area contributed by atoms with E-state index >= 15 is 0 Å². The fourth-order valence-electron chi connectivity index (χ4n) is 7.01. The molecular formula is C40H40N4O3. The first-order valence-electron chi connectivity index (χ1n) is 16.5. The van der Waals surface area contributed by atoms with Crippen LogP contribution in [0.1, 0.15) is 54.7 Å². The number of hydrogen-bond donors (Lipinski definition) is 2. The Hall–Kier alpha value is -5.43. The quantitative estimate of drug-likeness (QED) is 0.150. The summed E-state index contributed by atoms with van der Waals surface area (Å²) in [6.45, 7) is 12.2. The Morgan fingerprint density at radius 2 is 1.15 bits per heavy atom. The molecule has 0 atom stereocenters. The van der Waals surface area contributed by atoms with Crippen LogP contribution in [0.3, 0.4) is 0 Å². The van der Waals surface area contributed by atoms with Gasteiger partial charge in [0.05, 0.1) is 34.0 Å². The summed E-state index contributed by atoms with van der Waals surface area (Å²) in [6.07, 6.45) is 0. The number of carbonyl (C=O) groups is 1. The van der Waals surface area contributed by atoms with E-state index in [1.807, 2.05) is 66.7 Å². The van der Waals surface area contributed by atoms with Gasteiger partial charge in [0.15, 0.2) is 5.60 Å². The first-order chi connectivity index (χ1) is 23.0. The van der Waals surface area contributed by atoms with Crippen molar-refractivity contribution >= 4 is 40.1 Å². The second kappa shape index (κ2) is 12.4. The fourth-order valence-corrected chi connectivity index (χ4v) is 7.01.